The van der Waals surface area contributed by atoms with Crippen LogP contribution >= 0.6 is 18.9 Å². The third-order valence-corrected chi connectivity index (χ3v) is 5.84. The van der Waals surface area contributed by atoms with Gasteiger partial charge in [0.1, 0.15) is 16.9 Å². The van der Waals surface area contributed by atoms with Crippen molar-refractivity contribution < 1.29 is 18.3 Å². The zero-order valence-electron chi connectivity index (χ0n) is 11.8. The van der Waals surface area contributed by atoms with Gasteiger partial charge in [-0.15, -0.1) is 11.3 Å². The summed E-state index contributed by atoms with van der Waals surface area (Å²) in [5, 5.41) is 0.749. The topological polar surface area (TPSA) is 57.7 Å². The second kappa shape index (κ2) is 6.68. The van der Waals surface area contributed by atoms with Crippen molar-refractivity contribution in [3.05, 3.63) is 23.2 Å². The summed E-state index contributed by atoms with van der Waals surface area (Å²) >= 11 is 1.48. The molecule has 0 aliphatic rings. The molecule has 0 radical (unpaired) electrons. The van der Waals surface area contributed by atoms with E-state index in [1.54, 1.807) is 21.0 Å². The molecule has 0 saturated carbocycles. The van der Waals surface area contributed by atoms with Crippen LogP contribution in [0, 0.1) is 0 Å². The Morgan fingerprint density at radius 1 is 1.25 bits per heavy atom. The van der Waals surface area contributed by atoms with Gasteiger partial charge in [0.2, 0.25) is 0 Å². The summed E-state index contributed by atoms with van der Waals surface area (Å²) in [6.45, 7) is 4.32. The van der Waals surface area contributed by atoms with Crippen molar-refractivity contribution in [3.63, 3.8) is 0 Å². The molecular weight excluding hydrogens is 297 g/mol. The van der Waals surface area contributed by atoms with E-state index in [1.807, 2.05) is 18.2 Å². The SMILES string of the molecule is CCOP(=O)(Cc1nc2ccc(OC)cc2s1)OCC. The second-order valence-electron chi connectivity index (χ2n) is 4.05. The maximum atomic E-state index is 12.5. The van der Waals surface area contributed by atoms with Crippen molar-refractivity contribution in [2.24, 2.45) is 0 Å². The third-order valence-electron chi connectivity index (χ3n) is 2.62. The van der Waals surface area contributed by atoms with E-state index < -0.39 is 7.60 Å². The van der Waals surface area contributed by atoms with Gasteiger partial charge in [0.15, 0.2) is 0 Å². The van der Waals surface area contributed by atoms with Gasteiger partial charge in [-0.25, -0.2) is 4.98 Å². The molecule has 5 nitrogen and oxygen atoms in total. The predicted octanol–water partition coefficient (Wildman–Crippen LogP) is 4.07. The first-order chi connectivity index (χ1) is 9.60. The Morgan fingerprint density at radius 2 is 1.95 bits per heavy atom. The van der Waals surface area contributed by atoms with Crippen molar-refractivity contribution >= 4 is 29.1 Å². The molecule has 110 valence electrons. The first kappa shape index (κ1) is 15.4. The van der Waals surface area contributed by atoms with E-state index in [-0.39, 0.29) is 6.16 Å². The van der Waals surface area contributed by atoms with Crippen LogP contribution in [-0.2, 0) is 19.8 Å². The molecule has 0 bridgehead atoms. The summed E-state index contributed by atoms with van der Waals surface area (Å²) in [6.07, 6.45) is 0.205. The van der Waals surface area contributed by atoms with Crippen LogP contribution < -0.4 is 4.74 Å². The van der Waals surface area contributed by atoms with Gasteiger partial charge in [0.25, 0.3) is 0 Å². The number of fused-ring (bicyclic) bond motifs is 1. The largest absolute Gasteiger partial charge is 0.497 e. The van der Waals surface area contributed by atoms with Gasteiger partial charge in [-0.2, -0.15) is 0 Å². The molecule has 0 N–H and O–H groups in total. The monoisotopic (exact) mass is 315 g/mol. The van der Waals surface area contributed by atoms with Crippen LogP contribution in [0.2, 0.25) is 0 Å². The number of hydrogen-bond donors (Lipinski definition) is 0. The lowest BCUT2D eigenvalue weighted by atomic mass is 10.3. The van der Waals surface area contributed by atoms with E-state index in [2.05, 4.69) is 4.98 Å². The number of methoxy groups -OCH3 is 1. The zero-order chi connectivity index (χ0) is 14.6. The lowest BCUT2D eigenvalue weighted by Gasteiger charge is -2.15. The maximum Gasteiger partial charge on any atom is 0.337 e. The Morgan fingerprint density at radius 3 is 2.55 bits per heavy atom. The standard InChI is InChI=1S/C13H18NO4PS/c1-4-17-19(15,18-5-2)9-13-14-11-7-6-10(16-3)8-12(11)20-13/h6-8H,4-5,9H2,1-3H3. The number of thiazole rings is 1. The minimum Gasteiger partial charge on any atom is -0.497 e. The molecule has 1 aromatic heterocycles. The summed E-state index contributed by atoms with van der Waals surface area (Å²) in [5.74, 6) is 0.783. The fraction of sp³-hybridized carbons (Fsp3) is 0.462. The Hall–Kier alpha value is -0.940. The highest BCUT2D eigenvalue weighted by Crippen LogP contribution is 2.52. The quantitative estimate of drug-likeness (QED) is 0.721. The second-order valence-corrected chi connectivity index (χ2v) is 7.22. The fourth-order valence-corrected chi connectivity index (χ4v) is 4.80. The molecule has 0 fully saturated rings. The summed E-state index contributed by atoms with van der Waals surface area (Å²) in [4.78, 5) is 4.47. The Bertz CT molecular complexity index is 618. The number of aromatic nitrogens is 1. The molecule has 0 aliphatic heterocycles. The molecule has 2 rings (SSSR count). The molecule has 1 heterocycles. The van der Waals surface area contributed by atoms with Crippen LogP contribution in [0.25, 0.3) is 10.2 Å². The van der Waals surface area contributed by atoms with E-state index >= 15 is 0 Å². The molecule has 20 heavy (non-hydrogen) atoms. The number of hydrogen-bond acceptors (Lipinski definition) is 6. The molecule has 0 spiro atoms. The van der Waals surface area contributed by atoms with Gasteiger partial charge in [-0.3, -0.25) is 4.57 Å². The minimum absolute atomic E-state index is 0.205. The average molecular weight is 315 g/mol. The van der Waals surface area contributed by atoms with Crippen molar-refractivity contribution in [1.29, 1.82) is 0 Å². The molecule has 7 heteroatoms. The van der Waals surface area contributed by atoms with E-state index in [0.717, 1.165) is 21.0 Å². The molecule has 0 atom stereocenters. The third kappa shape index (κ3) is 3.58. The normalized spacial score (nSPS) is 11.9. The highest BCUT2D eigenvalue weighted by Gasteiger charge is 2.26. The van der Waals surface area contributed by atoms with Crippen LogP contribution in [0.15, 0.2) is 18.2 Å². The summed E-state index contributed by atoms with van der Waals surface area (Å²) in [6, 6.07) is 5.67. The van der Waals surface area contributed by atoms with Crippen LogP contribution in [0.3, 0.4) is 0 Å². The molecule has 0 unspecified atom stereocenters. The molecular formula is C13H18NO4PS. The van der Waals surface area contributed by atoms with Crippen molar-refractivity contribution in [2.45, 2.75) is 20.0 Å². The van der Waals surface area contributed by atoms with E-state index in [0.29, 0.717) is 13.2 Å². The number of ether oxygens (including phenoxy) is 1. The number of nitrogens with zero attached hydrogens (tertiary/aromatic N) is 1. The Labute approximate surface area is 122 Å². The van der Waals surface area contributed by atoms with Gasteiger partial charge in [0, 0.05) is 0 Å². The molecule has 1 aromatic carbocycles. The lowest BCUT2D eigenvalue weighted by Crippen LogP contribution is -1.98. The number of rotatable bonds is 7. The van der Waals surface area contributed by atoms with E-state index in [4.69, 9.17) is 13.8 Å². The highest BCUT2D eigenvalue weighted by molar-refractivity contribution is 7.53. The van der Waals surface area contributed by atoms with E-state index in [1.165, 1.54) is 11.3 Å². The fourth-order valence-electron chi connectivity index (χ4n) is 1.83. The van der Waals surface area contributed by atoms with Gasteiger partial charge in [-0.05, 0) is 32.0 Å². The predicted molar refractivity (Wildman–Crippen MR) is 80.7 cm³/mol. The van der Waals surface area contributed by atoms with Crippen molar-refractivity contribution in [1.82, 2.24) is 4.98 Å². The highest BCUT2D eigenvalue weighted by atomic mass is 32.1. The average Bonchev–Trinajstić information content (AvgIpc) is 2.79. The Kier molecular flexibility index (Phi) is 5.16. The van der Waals surface area contributed by atoms with E-state index in [9.17, 15) is 4.57 Å². The van der Waals surface area contributed by atoms with Crippen molar-refractivity contribution in [2.75, 3.05) is 20.3 Å². The Balaban J connectivity index is 2.26. The molecule has 0 amide bonds. The van der Waals surface area contributed by atoms with Gasteiger partial charge in [-0.1, -0.05) is 0 Å². The maximum absolute atomic E-state index is 12.5. The van der Waals surface area contributed by atoms with Gasteiger partial charge in [0.05, 0.1) is 30.5 Å². The molecule has 2 aromatic rings. The van der Waals surface area contributed by atoms with Crippen molar-refractivity contribution in [3.8, 4) is 5.75 Å². The smallest absolute Gasteiger partial charge is 0.337 e. The lowest BCUT2D eigenvalue weighted by molar-refractivity contribution is 0.219. The first-order valence-electron chi connectivity index (χ1n) is 6.41. The van der Waals surface area contributed by atoms with Crippen LogP contribution in [-0.4, -0.2) is 25.3 Å². The minimum atomic E-state index is -3.10. The van der Waals surface area contributed by atoms with Crippen LogP contribution in [0.4, 0.5) is 0 Å². The van der Waals surface area contributed by atoms with Crippen LogP contribution in [0.1, 0.15) is 18.9 Å². The first-order valence-corrected chi connectivity index (χ1v) is 8.96. The van der Waals surface area contributed by atoms with Crippen LogP contribution in [0.5, 0.6) is 5.75 Å². The summed E-state index contributed by atoms with van der Waals surface area (Å²) in [5.41, 5.74) is 0.866. The number of benzene rings is 1. The van der Waals surface area contributed by atoms with Gasteiger partial charge >= 0.3 is 7.60 Å². The van der Waals surface area contributed by atoms with Gasteiger partial charge < -0.3 is 13.8 Å². The molecule has 0 saturated heterocycles. The summed E-state index contributed by atoms with van der Waals surface area (Å²) in [7, 11) is -1.47. The zero-order valence-corrected chi connectivity index (χ0v) is 13.5. The molecule has 0 aliphatic carbocycles. The summed E-state index contributed by atoms with van der Waals surface area (Å²) < 4.78 is 29.2.